The molecule has 3 rings (SSSR count). The van der Waals surface area contributed by atoms with E-state index in [1.807, 2.05) is 6.92 Å². The minimum atomic E-state index is -0.406. The predicted molar refractivity (Wildman–Crippen MR) is 98.4 cm³/mol. The number of ether oxygens (including phenoxy) is 2. The smallest absolute Gasteiger partial charge is 0.258 e. The van der Waals surface area contributed by atoms with E-state index in [0.717, 1.165) is 5.75 Å². The number of benzene rings is 2. The molecule has 2 aromatic rings. The Labute approximate surface area is 156 Å². The maximum Gasteiger partial charge on any atom is 0.258 e. The van der Waals surface area contributed by atoms with Gasteiger partial charge in [0.15, 0.2) is 6.61 Å². The Balaban J connectivity index is 1.49. The third kappa shape index (κ3) is 4.97. The monoisotopic (exact) mass is 372 g/mol. The molecular formula is C20H21FN2O4. The van der Waals surface area contributed by atoms with Crippen molar-refractivity contribution in [2.75, 3.05) is 24.7 Å². The van der Waals surface area contributed by atoms with Gasteiger partial charge in [-0.15, -0.1) is 0 Å². The van der Waals surface area contributed by atoms with Crippen LogP contribution in [-0.2, 0) is 9.59 Å². The van der Waals surface area contributed by atoms with E-state index in [-0.39, 0.29) is 30.9 Å². The van der Waals surface area contributed by atoms with Crippen molar-refractivity contribution in [1.82, 2.24) is 5.32 Å². The van der Waals surface area contributed by atoms with Gasteiger partial charge in [0.1, 0.15) is 17.3 Å². The molecular weight excluding hydrogens is 351 g/mol. The zero-order chi connectivity index (χ0) is 19.2. The summed E-state index contributed by atoms with van der Waals surface area (Å²) in [5.41, 5.74) is 0.488. The number of carbonyl (C=O) groups is 2. The predicted octanol–water partition coefficient (Wildman–Crippen LogP) is 2.52. The topological polar surface area (TPSA) is 67.9 Å². The lowest BCUT2D eigenvalue weighted by Crippen LogP contribution is -2.39. The van der Waals surface area contributed by atoms with Crippen LogP contribution in [0.2, 0.25) is 0 Å². The number of hydrogen-bond acceptors (Lipinski definition) is 4. The van der Waals surface area contributed by atoms with E-state index in [2.05, 4.69) is 5.32 Å². The van der Waals surface area contributed by atoms with Gasteiger partial charge in [-0.05, 0) is 49.4 Å². The molecule has 6 nitrogen and oxygen atoms in total. The van der Waals surface area contributed by atoms with Crippen molar-refractivity contribution in [3.63, 3.8) is 0 Å². The maximum absolute atomic E-state index is 13.4. The molecule has 2 aromatic carbocycles. The Morgan fingerprint density at radius 3 is 2.56 bits per heavy atom. The molecule has 1 saturated heterocycles. The fraction of sp³-hybridized carbons (Fsp3) is 0.300. The van der Waals surface area contributed by atoms with Gasteiger partial charge in [-0.25, -0.2) is 4.39 Å². The van der Waals surface area contributed by atoms with Crippen molar-refractivity contribution < 1.29 is 23.5 Å². The van der Waals surface area contributed by atoms with E-state index in [1.165, 1.54) is 17.0 Å². The van der Waals surface area contributed by atoms with Crippen LogP contribution in [0.5, 0.6) is 11.5 Å². The SMILES string of the molecule is CCOc1ccc(OCC(=O)N[C@@H]2CC(=O)N(c3cccc(F)c3)C2)cc1. The lowest BCUT2D eigenvalue weighted by Gasteiger charge is -2.17. The van der Waals surface area contributed by atoms with Gasteiger partial charge in [-0.1, -0.05) is 6.07 Å². The first-order chi connectivity index (χ1) is 13.0. The van der Waals surface area contributed by atoms with Gasteiger partial charge < -0.3 is 19.7 Å². The number of anilines is 1. The fourth-order valence-electron chi connectivity index (χ4n) is 2.91. The molecule has 1 fully saturated rings. The highest BCUT2D eigenvalue weighted by Crippen LogP contribution is 2.22. The molecule has 0 unspecified atom stereocenters. The van der Waals surface area contributed by atoms with E-state index < -0.39 is 5.82 Å². The second-order valence-corrected chi connectivity index (χ2v) is 6.15. The van der Waals surface area contributed by atoms with Crippen LogP contribution in [0.25, 0.3) is 0 Å². The molecule has 0 spiro atoms. The van der Waals surface area contributed by atoms with Crippen LogP contribution in [0, 0.1) is 5.82 Å². The van der Waals surface area contributed by atoms with Crippen molar-refractivity contribution in [1.29, 1.82) is 0 Å². The first kappa shape index (κ1) is 18.7. The van der Waals surface area contributed by atoms with Crippen LogP contribution in [0.4, 0.5) is 10.1 Å². The van der Waals surface area contributed by atoms with E-state index in [1.54, 1.807) is 36.4 Å². The molecule has 27 heavy (non-hydrogen) atoms. The van der Waals surface area contributed by atoms with Crippen LogP contribution < -0.4 is 19.7 Å². The van der Waals surface area contributed by atoms with Crippen molar-refractivity contribution in [3.8, 4) is 11.5 Å². The van der Waals surface area contributed by atoms with Gasteiger partial charge in [0.05, 0.1) is 12.6 Å². The molecule has 1 aliphatic heterocycles. The fourth-order valence-corrected chi connectivity index (χ4v) is 2.91. The Bertz CT molecular complexity index is 810. The van der Waals surface area contributed by atoms with Crippen molar-refractivity contribution >= 4 is 17.5 Å². The summed E-state index contributed by atoms with van der Waals surface area (Å²) in [5.74, 6) is 0.409. The number of nitrogens with one attached hydrogen (secondary N) is 1. The summed E-state index contributed by atoms with van der Waals surface area (Å²) < 4.78 is 24.1. The molecule has 0 radical (unpaired) electrons. The van der Waals surface area contributed by atoms with Gasteiger partial charge in [-0.2, -0.15) is 0 Å². The highest BCUT2D eigenvalue weighted by atomic mass is 19.1. The molecule has 0 aliphatic carbocycles. The number of amides is 2. The third-order valence-corrected chi connectivity index (χ3v) is 4.11. The number of nitrogens with zero attached hydrogens (tertiary/aromatic N) is 1. The Hall–Kier alpha value is -3.09. The highest BCUT2D eigenvalue weighted by Gasteiger charge is 2.31. The van der Waals surface area contributed by atoms with Gasteiger partial charge in [0, 0.05) is 18.7 Å². The zero-order valence-electron chi connectivity index (χ0n) is 15.0. The summed E-state index contributed by atoms with van der Waals surface area (Å²) in [6.07, 6.45) is 0.172. The highest BCUT2D eigenvalue weighted by molar-refractivity contribution is 5.96. The van der Waals surface area contributed by atoms with Gasteiger partial charge in [0.2, 0.25) is 5.91 Å². The van der Waals surface area contributed by atoms with Crippen LogP contribution in [0.15, 0.2) is 48.5 Å². The number of hydrogen-bond donors (Lipinski definition) is 1. The minimum absolute atomic E-state index is 0.154. The van der Waals surface area contributed by atoms with Gasteiger partial charge in [-0.3, -0.25) is 9.59 Å². The van der Waals surface area contributed by atoms with Crippen molar-refractivity contribution in [2.24, 2.45) is 0 Å². The lowest BCUT2D eigenvalue weighted by molar-refractivity contribution is -0.123. The number of carbonyl (C=O) groups excluding carboxylic acids is 2. The molecule has 7 heteroatoms. The summed E-state index contributed by atoms with van der Waals surface area (Å²) in [5, 5.41) is 2.78. The first-order valence-corrected chi connectivity index (χ1v) is 8.76. The molecule has 2 amide bonds. The molecule has 1 N–H and O–H groups in total. The van der Waals surface area contributed by atoms with Crippen molar-refractivity contribution in [3.05, 3.63) is 54.3 Å². The molecule has 1 atom stereocenters. The number of rotatable bonds is 7. The Morgan fingerprint density at radius 1 is 1.19 bits per heavy atom. The van der Waals surface area contributed by atoms with E-state index >= 15 is 0 Å². The third-order valence-electron chi connectivity index (χ3n) is 4.11. The molecule has 142 valence electrons. The first-order valence-electron chi connectivity index (χ1n) is 8.76. The minimum Gasteiger partial charge on any atom is -0.494 e. The van der Waals surface area contributed by atoms with E-state index in [4.69, 9.17) is 9.47 Å². The quantitative estimate of drug-likeness (QED) is 0.811. The average molecular weight is 372 g/mol. The molecule has 1 heterocycles. The van der Waals surface area contributed by atoms with Crippen LogP contribution in [-0.4, -0.2) is 37.6 Å². The normalized spacial score (nSPS) is 16.3. The van der Waals surface area contributed by atoms with E-state index in [9.17, 15) is 14.0 Å². The molecule has 1 aliphatic rings. The standard InChI is InChI=1S/C20H21FN2O4/c1-2-26-17-6-8-18(9-7-17)27-13-19(24)22-15-11-20(25)23(12-15)16-5-3-4-14(21)10-16/h3-10,15H,2,11-13H2,1H3,(H,22,24)/t15-/m1/s1. The van der Waals surface area contributed by atoms with Crippen molar-refractivity contribution in [2.45, 2.75) is 19.4 Å². The molecule has 0 bridgehead atoms. The zero-order valence-corrected chi connectivity index (χ0v) is 15.0. The summed E-state index contributed by atoms with van der Waals surface area (Å²) >= 11 is 0. The Kier molecular flexibility index (Phi) is 5.90. The largest absolute Gasteiger partial charge is 0.494 e. The van der Waals surface area contributed by atoms with E-state index in [0.29, 0.717) is 24.6 Å². The molecule has 0 aromatic heterocycles. The summed E-state index contributed by atoms with van der Waals surface area (Å²) in [6.45, 7) is 2.63. The molecule has 0 saturated carbocycles. The number of halogens is 1. The Morgan fingerprint density at radius 2 is 1.89 bits per heavy atom. The second-order valence-electron chi connectivity index (χ2n) is 6.15. The summed E-state index contributed by atoms with van der Waals surface area (Å²) in [4.78, 5) is 25.7. The summed E-state index contributed by atoms with van der Waals surface area (Å²) in [7, 11) is 0. The van der Waals surface area contributed by atoms with Gasteiger partial charge >= 0.3 is 0 Å². The van der Waals surface area contributed by atoms with Crippen LogP contribution >= 0.6 is 0 Å². The second kappa shape index (κ2) is 8.53. The van der Waals surface area contributed by atoms with Gasteiger partial charge in [0.25, 0.3) is 5.91 Å². The maximum atomic E-state index is 13.4. The lowest BCUT2D eigenvalue weighted by atomic mass is 10.2. The average Bonchev–Trinajstić information content (AvgIpc) is 3.01. The van der Waals surface area contributed by atoms with Crippen LogP contribution in [0.3, 0.4) is 0 Å². The summed E-state index contributed by atoms with van der Waals surface area (Å²) in [6, 6.07) is 12.5. The van der Waals surface area contributed by atoms with Crippen LogP contribution in [0.1, 0.15) is 13.3 Å².